The summed E-state index contributed by atoms with van der Waals surface area (Å²) in [6.07, 6.45) is 1.21. The first kappa shape index (κ1) is 13.4. The lowest BCUT2D eigenvalue weighted by Gasteiger charge is -2.09. The molecule has 0 radical (unpaired) electrons. The number of carbonyl (C=O) groups is 2. The molecule has 1 unspecified atom stereocenters. The van der Waals surface area contributed by atoms with E-state index >= 15 is 0 Å². The molecule has 0 aliphatic heterocycles. The van der Waals surface area contributed by atoms with Gasteiger partial charge >= 0.3 is 11.9 Å². The van der Waals surface area contributed by atoms with Crippen molar-refractivity contribution in [2.75, 3.05) is 6.61 Å². The van der Waals surface area contributed by atoms with Gasteiger partial charge in [-0.2, -0.15) is 5.26 Å². The van der Waals surface area contributed by atoms with Crippen LogP contribution in [0.25, 0.3) is 0 Å². The van der Waals surface area contributed by atoms with E-state index in [4.69, 9.17) is 15.1 Å². The number of carboxylic acid groups (broad SMARTS) is 1. The number of carboxylic acids is 1. The van der Waals surface area contributed by atoms with Gasteiger partial charge in [-0.3, -0.25) is 9.59 Å². The summed E-state index contributed by atoms with van der Waals surface area (Å²) >= 11 is 0. The molecule has 0 amide bonds. The monoisotopic (exact) mass is 213 g/mol. The highest BCUT2D eigenvalue weighted by molar-refractivity contribution is 5.72. The standard InChI is InChI=1S/C10H15NO4/c1-8(4-2-5-9(12)13)10(14)15-7-3-6-11/h8H,2-5,7H2,1H3,(H,12,13). The fraction of sp³-hybridized carbons (Fsp3) is 0.700. The first-order chi connectivity index (χ1) is 7.07. The molecule has 0 aromatic heterocycles. The molecule has 0 aliphatic carbocycles. The van der Waals surface area contributed by atoms with Crippen LogP contribution in [0, 0.1) is 17.2 Å². The molecule has 1 N–H and O–H groups in total. The Bertz CT molecular complexity index is 257. The summed E-state index contributed by atoms with van der Waals surface area (Å²) in [5.74, 6) is -1.53. The number of nitrogens with zero attached hydrogens (tertiary/aromatic N) is 1. The number of hydrogen-bond acceptors (Lipinski definition) is 4. The number of hydrogen-bond donors (Lipinski definition) is 1. The van der Waals surface area contributed by atoms with Crippen LogP contribution in [0.5, 0.6) is 0 Å². The number of esters is 1. The topological polar surface area (TPSA) is 87.4 Å². The zero-order chi connectivity index (χ0) is 11.7. The summed E-state index contributed by atoms with van der Waals surface area (Å²) in [6, 6.07) is 1.87. The number of carbonyl (C=O) groups excluding carboxylic acids is 1. The van der Waals surface area contributed by atoms with E-state index in [1.54, 1.807) is 6.92 Å². The zero-order valence-electron chi connectivity index (χ0n) is 8.73. The fourth-order valence-electron chi connectivity index (χ4n) is 1.02. The Kier molecular flexibility index (Phi) is 6.98. The highest BCUT2D eigenvalue weighted by Crippen LogP contribution is 2.09. The molecule has 84 valence electrons. The van der Waals surface area contributed by atoms with Crippen molar-refractivity contribution in [2.24, 2.45) is 5.92 Å². The average molecular weight is 213 g/mol. The second-order valence-corrected chi connectivity index (χ2v) is 3.26. The minimum Gasteiger partial charge on any atom is -0.481 e. The summed E-state index contributed by atoms with van der Waals surface area (Å²) in [4.78, 5) is 21.4. The second kappa shape index (κ2) is 7.80. The van der Waals surface area contributed by atoms with E-state index in [1.807, 2.05) is 6.07 Å². The van der Waals surface area contributed by atoms with Gasteiger partial charge in [-0.05, 0) is 12.8 Å². The van der Waals surface area contributed by atoms with Crippen molar-refractivity contribution in [3.05, 3.63) is 0 Å². The normalized spacial score (nSPS) is 11.5. The Labute approximate surface area is 88.6 Å². The van der Waals surface area contributed by atoms with Gasteiger partial charge in [0.15, 0.2) is 0 Å². The van der Waals surface area contributed by atoms with Crippen LogP contribution in [-0.4, -0.2) is 23.7 Å². The van der Waals surface area contributed by atoms with E-state index in [9.17, 15) is 9.59 Å². The molecule has 1 atom stereocenters. The Morgan fingerprint density at radius 1 is 1.53 bits per heavy atom. The smallest absolute Gasteiger partial charge is 0.308 e. The molecule has 0 saturated carbocycles. The van der Waals surface area contributed by atoms with Crippen molar-refractivity contribution in [1.29, 1.82) is 5.26 Å². The van der Waals surface area contributed by atoms with Crippen molar-refractivity contribution >= 4 is 11.9 Å². The second-order valence-electron chi connectivity index (χ2n) is 3.26. The van der Waals surface area contributed by atoms with Crippen LogP contribution < -0.4 is 0 Å². The summed E-state index contributed by atoms with van der Waals surface area (Å²) < 4.78 is 4.79. The maximum atomic E-state index is 11.2. The van der Waals surface area contributed by atoms with E-state index in [0.717, 1.165) is 0 Å². The molecule has 0 aliphatic rings. The summed E-state index contributed by atoms with van der Waals surface area (Å²) in [6.45, 7) is 1.80. The maximum absolute atomic E-state index is 11.2. The summed E-state index contributed by atoms with van der Waals surface area (Å²) in [5, 5.41) is 16.6. The molecule has 0 rings (SSSR count). The van der Waals surface area contributed by atoms with Crippen molar-refractivity contribution in [3.8, 4) is 6.07 Å². The first-order valence-corrected chi connectivity index (χ1v) is 4.83. The van der Waals surface area contributed by atoms with Gasteiger partial charge in [-0.25, -0.2) is 0 Å². The molecule has 5 heteroatoms. The van der Waals surface area contributed by atoms with E-state index in [2.05, 4.69) is 0 Å². The number of nitriles is 1. The minimum absolute atomic E-state index is 0.0653. The average Bonchev–Trinajstić information content (AvgIpc) is 2.17. The number of rotatable bonds is 7. The lowest BCUT2D eigenvalue weighted by molar-refractivity contribution is -0.148. The van der Waals surface area contributed by atoms with Gasteiger partial charge in [0.05, 0.1) is 18.4 Å². The van der Waals surface area contributed by atoms with Crippen LogP contribution >= 0.6 is 0 Å². The highest BCUT2D eigenvalue weighted by Gasteiger charge is 2.14. The van der Waals surface area contributed by atoms with Crippen LogP contribution in [-0.2, 0) is 14.3 Å². The maximum Gasteiger partial charge on any atom is 0.308 e. The Balaban J connectivity index is 3.61. The largest absolute Gasteiger partial charge is 0.481 e. The van der Waals surface area contributed by atoms with Gasteiger partial charge in [-0.15, -0.1) is 0 Å². The predicted octanol–water partition coefficient (Wildman–Crippen LogP) is 1.33. The molecule has 15 heavy (non-hydrogen) atoms. The summed E-state index contributed by atoms with van der Waals surface area (Å²) in [5.41, 5.74) is 0. The molecular formula is C10H15NO4. The molecule has 0 aromatic carbocycles. The molecule has 0 saturated heterocycles. The third-order valence-corrected chi connectivity index (χ3v) is 1.89. The highest BCUT2D eigenvalue weighted by atomic mass is 16.5. The first-order valence-electron chi connectivity index (χ1n) is 4.83. The van der Waals surface area contributed by atoms with Gasteiger partial charge in [0, 0.05) is 6.42 Å². The predicted molar refractivity (Wildman–Crippen MR) is 51.8 cm³/mol. The van der Waals surface area contributed by atoms with Crippen LogP contribution in [0.15, 0.2) is 0 Å². The van der Waals surface area contributed by atoms with Crippen LogP contribution in [0.4, 0.5) is 0 Å². The van der Waals surface area contributed by atoms with Gasteiger partial charge in [-0.1, -0.05) is 6.92 Å². The molecule has 0 heterocycles. The Morgan fingerprint density at radius 2 is 2.20 bits per heavy atom. The van der Waals surface area contributed by atoms with Gasteiger partial charge < -0.3 is 9.84 Å². The molecule has 0 aromatic rings. The van der Waals surface area contributed by atoms with Crippen LogP contribution in [0.1, 0.15) is 32.6 Å². The Morgan fingerprint density at radius 3 is 2.73 bits per heavy atom. The van der Waals surface area contributed by atoms with Gasteiger partial charge in [0.2, 0.25) is 0 Å². The number of aliphatic carboxylic acids is 1. The van der Waals surface area contributed by atoms with Crippen molar-refractivity contribution in [3.63, 3.8) is 0 Å². The lowest BCUT2D eigenvalue weighted by Crippen LogP contribution is -2.15. The van der Waals surface area contributed by atoms with Crippen LogP contribution in [0.2, 0.25) is 0 Å². The van der Waals surface area contributed by atoms with E-state index in [1.165, 1.54) is 0 Å². The molecular weight excluding hydrogens is 198 g/mol. The number of ether oxygens (including phenoxy) is 1. The SMILES string of the molecule is CC(CCCC(=O)O)C(=O)OCCC#N. The molecule has 0 spiro atoms. The lowest BCUT2D eigenvalue weighted by atomic mass is 10.0. The van der Waals surface area contributed by atoms with Crippen molar-refractivity contribution < 1.29 is 19.4 Å². The zero-order valence-corrected chi connectivity index (χ0v) is 8.73. The molecule has 0 bridgehead atoms. The molecule has 0 fully saturated rings. The third kappa shape index (κ3) is 7.50. The van der Waals surface area contributed by atoms with E-state index < -0.39 is 5.97 Å². The van der Waals surface area contributed by atoms with Crippen molar-refractivity contribution in [2.45, 2.75) is 32.6 Å². The van der Waals surface area contributed by atoms with Gasteiger partial charge in [0.1, 0.15) is 6.61 Å². The van der Waals surface area contributed by atoms with E-state index in [-0.39, 0.29) is 31.3 Å². The molecule has 5 nitrogen and oxygen atoms in total. The van der Waals surface area contributed by atoms with Gasteiger partial charge in [0.25, 0.3) is 0 Å². The third-order valence-electron chi connectivity index (χ3n) is 1.89. The van der Waals surface area contributed by atoms with E-state index in [0.29, 0.717) is 12.8 Å². The quantitative estimate of drug-likeness (QED) is 0.509. The minimum atomic E-state index is -0.861. The Hall–Kier alpha value is -1.57. The fourth-order valence-corrected chi connectivity index (χ4v) is 1.02. The summed E-state index contributed by atoms with van der Waals surface area (Å²) in [7, 11) is 0. The van der Waals surface area contributed by atoms with Crippen LogP contribution in [0.3, 0.4) is 0 Å². The van der Waals surface area contributed by atoms with Crippen molar-refractivity contribution in [1.82, 2.24) is 0 Å².